The lowest BCUT2D eigenvalue weighted by Gasteiger charge is -2.26. The second-order valence-corrected chi connectivity index (χ2v) is 7.99. The summed E-state index contributed by atoms with van der Waals surface area (Å²) in [6, 6.07) is 14.1. The zero-order valence-corrected chi connectivity index (χ0v) is 17.5. The van der Waals surface area contributed by atoms with Gasteiger partial charge in [0, 0.05) is 30.9 Å². The molecule has 28 heavy (non-hydrogen) atoms. The maximum absolute atomic E-state index is 13.3. The maximum Gasteiger partial charge on any atom is 0.232 e. The Balaban J connectivity index is 1.88. The SMILES string of the molecule is CCN(C(=O)C1CC(=O)N(c2c(C)cccc2C(C)C)C1)c1cccc(C)c1. The lowest BCUT2D eigenvalue weighted by molar-refractivity contribution is -0.124. The molecule has 0 aliphatic carbocycles. The fraction of sp³-hybridized carbons (Fsp3) is 0.417. The molecule has 1 aliphatic heterocycles. The zero-order chi connectivity index (χ0) is 20.4. The average molecular weight is 379 g/mol. The van der Waals surface area contributed by atoms with Gasteiger partial charge in [0.05, 0.1) is 5.92 Å². The van der Waals surface area contributed by atoms with E-state index in [-0.39, 0.29) is 24.2 Å². The van der Waals surface area contributed by atoms with Gasteiger partial charge in [0.25, 0.3) is 0 Å². The summed E-state index contributed by atoms with van der Waals surface area (Å²) in [4.78, 5) is 29.8. The lowest BCUT2D eigenvalue weighted by atomic mass is 9.97. The van der Waals surface area contributed by atoms with E-state index in [0.717, 1.165) is 28.1 Å². The fourth-order valence-electron chi connectivity index (χ4n) is 4.09. The first-order valence-electron chi connectivity index (χ1n) is 10.1. The van der Waals surface area contributed by atoms with E-state index in [1.54, 1.807) is 4.90 Å². The highest BCUT2D eigenvalue weighted by Crippen LogP contribution is 2.35. The number of para-hydroxylation sites is 1. The molecule has 0 aromatic heterocycles. The van der Waals surface area contributed by atoms with E-state index < -0.39 is 0 Å². The summed E-state index contributed by atoms with van der Waals surface area (Å²) in [5, 5.41) is 0. The van der Waals surface area contributed by atoms with Crippen molar-refractivity contribution >= 4 is 23.2 Å². The number of rotatable bonds is 5. The number of carbonyl (C=O) groups excluding carboxylic acids is 2. The Morgan fingerprint density at radius 1 is 1.18 bits per heavy atom. The molecule has 2 aromatic carbocycles. The van der Waals surface area contributed by atoms with Gasteiger partial charge in [0.15, 0.2) is 0 Å². The van der Waals surface area contributed by atoms with Crippen molar-refractivity contribution in [3.05, 3.63) is 59.2 Å². The molecule has 0 saturated carbocycles. The Kier molecular flexibility index (Phi) is 5.87. The van der Waals surface area contributed by atoms with Gasteiger partial charge in [-0.1, -0.05) is 44.2 Å². The highest BCUT2D eigenvalue weighted by atomic mass is 16.2. The van der Waals surface area contributed by atoms with Gasteiger partial charge in [-0.25, -0.2) is 0 Å². The number of hydrogen-bond donors (Lipinski definition) is 0. The van der Waals surface area contributed by atoms with Crippen molar-refractivity contribution in [1.82, 2.24) is 0 Å². The standard InChI is InChI=1S/C24H30N2O2/c1-6-25(20-11-7-9-17(4)13-20)24(28)19-14-22(27)26(15-19)23-18(5)10-8-12-21(23)16(2)3/h7-13,16,19H,6,14-15H2,1-5H3. The van der Waals surface area contributed by atoms with Crippen LogP contribution in [0.3, 0.4) is 0 Å². The van der Waals surface area contributed by atoms with Crippen LogP contribution in [0.15, 0.2) is 42.5 Å². The highest BCUT2D eigenvalue weighted by molar-refractivity contribution is 6.05. The highest BCUT2D eigenvalue weighted by Gasteiger charge is 2.38. The van der Waals surface area contributed by atoms with E-state index in [1.165, 1.54) is 0 Å². The molecular formula is C24H30N2O2. The van der Waals surface area contributed by atoms with E-state index in [1.807, 2.05) is 62.1 Å². The molecule has 2 aromatic rings. The molecule has 148 valence electrons. The first-order valence-corrected chi connectivity index (χ1v) is 10.1. The molecule has 1 heterocycles. The first kappa shape index (κ1) is 20.1. The normalized spacial score (nSPS) is 16.7. The summed E-state index contributed by atoms with van der Waals surface area (Å²) in [6.45, 7) is 11.4. The lowest BCUT2D eigenvalue weighted by Crippen LogP contribution is -2.37. The van der Waals surface area contributed by atoms with Crippen molar-refractivity contribution in [2.75, 3.05) is 22.9 Å². The molecule has 4 nitrogen and oxygen atoms in total. The van der Waals surface area contributed by atoms with E-state index in [0.29, 0.717) is 19.0 Å². The Morgan fingerprint density at radius 2 is 1.89 bits per heavy atom. The third-order valence-electron chi connectivity index (χ3n) is 5.53. The molecule has 3 rings (SSSR count). The van der Waals surface area contributed by atoms with Gasteiger partial charge in [-0.05, 0) is 55.5 Å². The summed E-state index contributed by atoms with van der Waals surface area (Å²) in [5.74, 6) is 0.0722. The minimum absolute atomic E-state index is 0.0311. The van der Waals surface area contributed by atoms with E-state index >= 15 is 0 Å². The molecule has 0 N–H and O–H groups in total. The van der Waals surface area contributed by atoms with Crippen LogP contribution in [-0.4, -0.2) is 24.9 Å². The quantitative estimate of drug-likeness (QED) is 0.747. The molecule has 1 unspecified atom stereocenters. The summed E-state index contributed by atoms with van der Waals surface area (Å²) in [5.41, 5.74) is 5.24. The van der Waals surface area contributed by atoms with Crippen LogP contribution in [0.5, 0.6) is 0 Å². The van der Waals surface area contributed by atoms with Gasteiger partial charge in [0.2, 0.25) is 11.8 Å². The first-order chi connectivity index (χ1) is 13.3. The van der Waals surface area contributed by atoms with Crippen LogP contribution in [0.1, 0.15) is 49.8 Å². The number of aryl methyl sites for hydroxylation is 2. The van der Waals surface area contributed by atoms with Crippen LogP contribution in [0, 0.1) is 19.8 Å². The van der Waals surface area contributed by atoms with Crippen molar-refractivity contribution in [2.45, 2.75) is 47.0 Å². The van der Waals surface area contributed by atoms with E-state index in [4.69, 9.17) is 0 Å². The second-order valence-electron chi connectivity index (χ2n) is 7.99. The van der Waals surface area contributed by atoms with Crippen LogP contribution in [0.2, 0.25) is 0 Å². The molecule has 2 amide bonds. The minimum atomic E-state index is -0.312. The largest absolute Gasteiger partial charge is 0.312 e. The predicted octanol–water partition coefficient (Wildman–Crippen LogP) is 4.83. The van der Waals surface area contributed by atoms with Gasteiger partial charge in [-0.3, -0.25) is 9.59 Å². The second kappa shape index (κ2) is 8.17. The Morgan fingerprint density at radius 3 is 2.54 bits per heavy atom. The molecule has 1 atom stereocenters. The molecule has 1 saturated heterocycles. The Hall–Kier alpha value is -2.62. The number of anilines is 2. The zero-order valence-electron chi connectivity index (χ0n) is 17.5. The van der Waals surface area contributed by atoms with Crippen molar-refractivity contribution in [1.29, 1.82) is 0 Å². The van der Waals surface area contributed by atoms with Crippen molar-refractivity contribution in [2.24, 2.45) is 5.92 Å². The van der Waals surface area contributed by atoms with E-state index in [9.17, 15) is 9.59 Å². The summed E-state index contributed by atoms with van der Waals surface area (Å²) >= 11 is 0. The number of benzene rings is 2. The van der Waals surface area contributed by atoms with Crippen LogP contribution in [0.4, 0.5) is 11.4 Å². The average Bonchev–Trinajstić information content (AvgIpc) is 3.03. The van der Waals surface area contributed by atoms with Crippen molar-refractivity contribution < 1.29 is 9.59 Å². The number of hydrogen-bond acceptors (Lipinski definition) is 2. The molecule has 4 heteroatoms. The predicted molar refractivity (Wildman–Crippen MR) is 115 cm³/mol. The third kappa shape index (κ3) is 3.82. The van der Waals surface area contributed by atoms with Crippen LogP contribution >= 0.6 is 0 Å². The van der Waals surface area contributed by atoms with Crippen molar-refractivity contribution in [3.63, 3.8) is 0 Å². The maximum atomic E-state index is 13.3. The summed E-state index contributed by atoms with van der Waals surface area (Å²) in [7, 11) is 0. The summed E-state index contributed by atoms with van der Waals surface area (Å²) < 4.78 is 0. The van der Waals surface area contributed by atoms with Crippen molar-refractivity contribution in [3.8, 4) is 0 Å². The van der Waals surface area contributed by atoms with Gasteiger partial charge in [-0.2, -0.15) is 0 Å². The van der Waals surface area contributed by atoms with Crippen LogP contribution in [-0.2, 0) is 9.59 Å². The molecular weight excluding hydrogens is 348 g/mol. The minimum Gasteiger partial charge on any atom is -0.312 e. The van der Waals surface area contributed by atoms with Crippen LogP contribution < -0.4 is 9.80 Å². The number of carbonyl (C=O) groups is 2. The molecule has 0 bridgehead atoms. The topological polar surface area (TPSA) is 40.6 Å². The summed E-state index contributed by atoms with van der Waals surface area (Å²) in [6.07, 6.45) is 0.271. The third-order valence-corrected chi connectivity index (χ3v) is 5.53. The van der Waals surface area contributed by atoms with Gasteiger partial charge < -0.3 is 9.80 Å². The van der Waals surface area contributed by atoms with Gasteiger partial charge in [0.1, 0.15) is 0 Å². The Labute approximate surface area is 168 Å². The molecule has 0 spiro atoms. The van der Waals surface area contributed by atoms with Crippen LogP contribution in [0.25, 0.3) is 0 Å². The monoisotopic (exact) mass is 378 g/mol. The molecule has 0 radical (unpaired) electrons. The van der Waals surface area contributed by atoms with Gasteiger partial charge in [-0.15, -0.1) is 0 Å². The fourth-order valence-corrected chi connectivity index (χ4v) is 4.09. The Bertz CT molecular complexity index is 888. The van der Waals surface area contributed by atoms with E-state index in [2.05, 4.69) is 19.9 Å². The smallest absolute Gasteiger partial charge is 0.232 e. The molecule has 1 aliphatic rings. The number of nitrogens with zero attached hydrogens (tertiary/aromatic N) is 2. The number of amides is 2. The van der Waals surface area contributed by atoms with Gasteiger partial charge >= 0.3 is 0 Å². The molecule has 1 fully saturated rings.